The van der Waals surface area contributed by atoms with E-state index in [2.05, 4.69) is 19.5 Å². The average molecular weight is 612 g/mol. The molecule has 43 heavy (non-hydrogen) atoms. The highest BCUT2D eigenvalue weighted by Crippen LogP contribution is 2.36. The van der Waals surface area contributed by atoms with E-state index in [1.807, 2.05) is 40.0 Å². The van der Waals surface area contributed by atoms with E-state index < -0.39 is 17.5 Å². The molecule has 13 heteroatoms. The quantitative estimate of drug-likeness (QED) is 0.336. The van der Waals surface area contributed by atoms with Crippen molar-refractivity contribution in [2.24, 2.45) is 0 Å². The van der Waals surface area contributed by atoms with Gasteiger partial charge in [-0.25, -0.2) is 18.7 Å². The number of likely N-dealkylation sites (tertiary alicyclic amines) is 1. The average Bonchev–Trinajstić information content (AvgIpc) is 3.69. The number of halogens is 2. The zero-order chi connectivity index (χ0) is 30.5. The van der Waals surface area contributed by atoms with Crippen LogP contribution in [0.25, 0.3) is 16.8 Å². The number of ether oxygens (including phenoxy) is 2. The van der Waals surface area contributed by atoms with Crippen LogP contribution in [0.3, 0.4) is 0 Å². The SMILES string of the molecule is Cc1c(-c2cc(OC(CO)c3ccc(F)cn3)c3c(Cl)cnn3c2)nc2n1CCN(C1CCN(C(=O)OC(C)(C)C)C1)C2. The third-order valence-electron chi connectivity index (χ3n) is 7.91. The molecule has 6 heterocycles. The lowest BCUT2D eigenvalue weighted by Crippen LogP contribution is -2.44. The molecule has 6 rings (SSSR count). The van der Waals surface area contributed by atoms with Crippen LogP contribution >= 0.6 is 11.6 Å². The monoisotopic (exact) mass is 611 g/mol. The van der Waals surface area contributed by atoms with Crippen LogP contribution in [-0.4, -0.2) is 83.0 Å². The zero-order valence-electron chi connectivity index (χ0n) is 24.6. The predicted molar refractivity (Wildman–Crippen MR) is 157 cm³/mol. The van der Waals surface area contributed by atoms with Crippen molar-refractivity contribution in [3.05, 3.63) is 64.8 Å². The summed E-state index contributed by atoms with van der Waals surface area (Å²) in [4.78, 5) is 25.9. The van der Waals surface area contributed by atoms with Crippen molar-refractivity contribution in [1.82, 2.24) is 33.9 Å². The second kappa shape index (κ2) is 11.4. The summed E-state index contributed by atoms with van der Waals surface area (Å²) in [6.07, 6.45) is 4.25. The third-order valence-corrected chi connectivity index (χ3v) is 8.18. The minimum Gasteiger partial charge on any atom is -0.479 e. The van der Waals surface area contributed by atoms with Crippen molar-refractivity contribution >= 4 is 23.2 Å². The number of nitrogens with zero attached hydrogens (tertiary/aromatic N) is 7. The summed E-state index contributed by atoms with van der Waals surface area (Å²) in [5.74, 6) is 0.861. The van der Waals surface area contributed by atoms with Crippen LogP contribution < -0.4 is 4.74 Å². The van der Waals surface area contributed by atoms with E-state index in [1.165, 1.54) is 18.3 Å². The van der Waals surface area contributed by atoms with Crippen molar-refractivity contribution in [2.75, 3.05) is 26.2 Å². The number of fused-ring (bicyclic) bond motifs is 2. The van der Waals surface area contributed by atoms with Gasteiger partial charge in [-0.3, -0.25) is 9.88 Å². The van der Waals surface area contributed by atoms with E-state index in [-0.39, 0.29) is 18.7 Å². The topological polar surface area (TPSA) is 110 Å². The van der Waals surface area contributed by atoms with Crippen LogP contribution in [0.2, 0.25) is 5.02 Å². The lowest BCUT2D eigenvalue weighted by molar-refractivity contribution is 0.0275. The fourth-order valence-corrected chi connectivity index (χ4v) is 6.03. The van der Waals surface area contributed by atoms with Gasteiger partial charge in [0, 0.05) is 49.7 Å². The first-order chi connectivity index (χ1) is 20.5. The molecule has 1 amide bonds. The number of aliphatic hydroxyl groups is 1. The van der Waals surface area contributed by atoms with Crippen LogP contribution in [0.15, 0.2) is 36.8 Å². The molecular weight excluding hydrogens is 577 g/mol. The molecule has 4 aromatic heterocycles. The van der Waals surface area contributed by atoms with Crippen molar-refractivity contribution in [2.45, 2.75) is 65.0 Å². The zero-order valence-corrected chi connectivity index (χ0v) is 25.4. The first kappa shape index (κ1) is 29.3. The van der Waals surface area contributed by atoms with Gasteiger partial charge in [-0.05, 0) is 52.3 Å². The van der Waals surface area contributed by atoms with E-state index in [0.29, 0.717) is 41.6 Å². The Bertz CT molecular complexity index is 1650. The van der Waals surface area contributed by atoms with Gasteiger partial charge in [-0.15, -0.1) is 0 Å². The van der Waals surface area contributed by atoms with Crippen LogP contribution in [0.4, 0.5) is 9.18 Å². The molecule has 2 unspecified atom stereocenters. The van der Waals surface area contributed by atoms with Crippen molar-refractivity contribution in [3.63, 3.8) is 0 Å². The molecule has 2 aliphatic rings. The molecule has 1 saturated heterocycles. The van der Waals surface area contributed by atoms with Crippen LogP contribution in [0, 0.1) is 12.7 Å². The van der Waals surface area contributed by atoms with Gasteiger partial charge >= 0.3 is 6.09 Å². The normalized spacial score (nSPS) is 18.2. The summed E-state index contributed by atoms with van der Waals surface area (Å²) < 4.78 is 29.1. The molecule has 228 valence electrons. The first-order valence-electron chi connectivity index (χ1n) is 14.3. The summed E-state index contributed by atoms with van der Waals surface area (Å²) in [7, 11) is 0. The van der Waals surface area contributed by atoms with E-state index >= 15 is 0 Å². The maximum atomic E-state index is 13.5. The number of aliphatic hydroxyl groups excluding tert-OH is 1. The van der Waals surface area contributed by atoms with Crippen LogP contribution in [0.1, 0.15) is 50.5 Å². The molecule has 4 aromatic rings. The highest BCUT2D eigenvalue weighted by atomic mass is 35.5. The Morgan fingerprint density at radius 2 is 2.05 bits per heavy atom. The maximum Gasteiger partial charge on any atom is 0.410 e. The van der Waals surface area contributed by atoms with Gasteiger partial charge in [0.25, 0.3) is 0 Å². The molecule has 0 spiro atoms. The Hall–Kier alpha value is -3.74. The Labute approximate surface area is 253 Å². The molecule has 1 fully saturated rings. The second-order valence-electron chi connectivity index (χ2n) is 12.0. The molecule has 0 bridgehead atoms. The van der Waals surface area contributed by atoms with Gasteiger partial charge in [-0.1, -0.05) is 11.6 Å². The number of amides is 1. The lowest BCUT2D eigenvalue weighted by Gasteiger charge is -2.33. The molecule has 0 aromatic carbocycles. The van der Waals surface area contributed by atoms with Crippen molar-refractivity contribution < 1.29 is 23.8 Å². The second-order valence-corrected chi connectivity index (χ2v) is 12.4. The predicted octanol–water partition coefficient (Wildman–Crippen LogP) is 4.63. The fourth-order valence-electron chi connectivity index (χ4n) is 5.81. The molecule has 0 aliphatic carbocycles. The number of carbonyl (C=O) groups is 1. The molecule has 0 saturated carbocycles. The summed E-state index contributed by atoms with van der Waals surface area (Å²) >= 11 is 6.47. The smallest absolute Gasteiger partial charge is 0.410 e. The molecule has 2 atom stereocenters. The Morgan fingerprint density at radius 1 is 1.23 bits per heavy atom. The molecule has 11 nitrogen and oxygen atoms in total. The van der Waals surface area contributed by atoms with Gasteiger partial charge in [0.15, 0.2) is 6.10 Å². The minimum absolute atomic E-state index is 0.236. The number of hydrogen-bond donors (Lipinski definition) is 1. The van der Waals surface area contributed by atoms with Crippen molar-refractivity contribution in [3.8, 4) is 17.0 Å². The van der Waals surface area contributed by atoms with Crippen LogP contribution in [-0.2, 0) is 17.8 Å². The standard InChI is InChI=1S/C30H35ClFN7O4/c1-18-27(35-26-16-36(9-10-38(18)26)21-7-8-37(15-21)29(41)43-30(2,3)4)19-11-24(28-22(31)13-34-39(28)14-19)42-25(17-40)23-6-5-20(32)12-33-23/h5-6,11-14,21,25,40H,7-10,15-17H2,1-4H3. The largest absolute Gasteiger partial charge is 0.479 e. The number of rotatable bonds is 6. The molecule has 2 aliphatic heterocycles. The van der Waals surface area contributed by atoms with Gasteiger partial charge in [0.2, 0.25) is 0 Å². The summed E-state index contributed by atoms with van der Waals surface area (Å²) in [5, 5.41) is 14.9. The fraction of sp³-hybridized carbons (Fsp3) is 0.467. The lowest BCUT2D eigenvalue weighted by atomic mass is 10.1. The highest BCUT2D eigenvalue weighted by molar-refractivity contribution is 6.34. The van der Waals surface area contributed by atoms with E-state index in [0.717, 1.165) is 48.5 Å². The summed E-state index contributed by atoms with van der Waals surface area (Å²) in [6, 6.07) is 4.82. The highest BCUT2D eigenvalue weighted by Gasteiger charge is 2.35. The van der Waals surface area contributed by atoms with Crippen molar-refractivity contribution in [1.29, 1.82) is 0 Å². The number of aromatic nitrogens is 5. The van der Waals surface area contributed by atoms with Crippen LogP contribution in [0.5, 0.6) is 5.75 Å². The van der Waals surface area contributed by atoms with E-state index in [1.54, 1.807) is 9.42 Å². The summed E-state index contributed by atoms with van der Waals surface area (Å²) in [6.45, 7) is 10.9. The summed E-state index contributed by atoms with van der Waals surface area (Å²) in [5.41, 5.74) is 2.97. The first-order valence-corrected chi connectivity index (χ1v) is 14.7. The van der Waals surface area contributed by atoms with E-state index in [4.69, 9.17) is 26.1 Å². The Kier molecular flexibility index (Phi) is 7.78. The van der Waals surface area contributed by atoms with E-state index in [9.17, 15) is 14.3 Å². The minimum atomic E-state index is -0.845. The van der Waals surface area contributed by atoms with Gasteiger partial charge < -0.3 is 24.0 Å². The number of carbonyl (C=O) groups excluding carboxylic acids is 1. The maximum absolute atomic E-state index is 13.5. The molecule has 1 N–H and O–H groups in total. The molecule has 0 radical (unpaired) electrons. The van der Waals surface area contributed by atoms with Gasteiger partial charge in [0.1, 0.15) is 28.5 Å². The van der Waals surface area contributed by atoms with Gasteiger partial charge in [0.05, 0.1) is 42.0 Å². The Balaban J connectivity index is 1.25. The van der Waals surface area contributed by atoms with Gasteiger partial charge in [-0.2, -0.15) is 5.10 Å². The Morgan fingerprint density at radius 3 is 2.77 bits per heavy atom. The number of imidazole rings is 1. The molecular formula is C30H35ClFN7O4. The number of pyridine rings is 2. The number of hydrogen-bond acceptors (Lipinski definition) is 8. The third kappa shape index (κ3) is 5.91.